The maximum atomic E-state index is 5.52. The fourth-order valence-corrected chi connectivity index (χ4v) is 1.15. The number of pyridine rings is 1. The molecule has 2 heterocycles. The lowest BCUT2D eigenvalue weighted by atomic mass is 10.3. The van der Waals surface area contributed by atoms with Gasteiger partial charge >= 0.3 is 0 Å². The van der Waals surface area contributed by atoms with E-state index >= 15 is 0 Å². The van der Waals surface area contributed by atoms with Crippen LogP contribution in [0.25, 0.3) is 0 Å². The molecule has 0 amide bonds. The number of anilines is 2. The molecule has 2 rings (SSSR count). The molecule has 4 N–H and O–H groups in total. The molecular weight excluding hydrogens is 178 g/mol. The van der Waals surface area contributed by atoms with E-state index in [1.165, 1.54) is 0 Å². The molecule has 0 saturated heterocycles. The van der Waals surface area contributed by atoms with E-state index in [-0.39, 0.29) is 0 Å². The van der Waals surface area contributed by atoms with Gasteiger partial charge in [-0.25, -0.2) is 4.98 Å². The summed E-state index contributed by atoms with van der Waals surface area (Å²) in [5, 5.41) is 9.82. The number of rotatable bonds is 3. The van der Waals surface area contributed by atoms with Crippen molar-refractivity contribution in [3.63, 3.8) is 0 Å². The highest BCUT2D eigenvalue weighted by atomic mass is 15.1. The molecule has 14 heavy (non-hydrogen) atoms. The normalized spacial score (nSPS) is 10.1. The highest BCUT2D eigenvalue weighted by molar-refractivity contribution is 5.57. The first kappa shape index (κ1) is 8.71. The maximum Gasteiger partial charge on any atom is 0.130 e. The van der Waals surface area contributed by atoms with Gasteiger partial charge < -0.3 is 11.1 Å². The zero-order chi connectivity index (χ0) is 9.80. The molecule has 2 aromatic rings. The summed E-state index contributed by atoms with van der Waals surface area (Å²) < 4.78 is 0. The predicted molar refractivity (Wildman–Crippen MR) is 54.0 cm³/mol. The van der Waals surface area contributed by atoms with Gasteiger partial charge in [-0.15, -0.1) is 0 Å². The third-order valence-corrected chi connectivity index (χ3v) is 1.85. The molecule has 5 heteroatoms. The van der Waals surface area contributed by atoms with Gasteiger partial charge in [-0.2, -0.15) is 5.10 Å². The molecule has 5 nitrogen and oxygen atoms in total. The Labute approximate surface area is 81.4 Å². The number of H-pyrrole nitrogens is 1. The van der Waals surface area contributed by atoms with Crippen LogP contribution < -0.4 is 11.1 Å². The third kappa shape index (κ3) is 1.72. The molecule has 0 aliphatic rings. The Morgan fingerprint density at radius 1 is 1.43 bits per heavy atom. The third-order valence-electron chi connectivity index (χ3n) is 1.85. The van der Waals surface area contributed by atoms with Crippen molar-refractivity contribution < 1.29 is 0 Å². The number of nitrogens with one attached hydrogen (secondary N) is 2. The van der Waals surface area contributed by atoms with Gasteiger partial charge in [0, 0.05) is 12.7 Å². The van der Waals surface area contributed by atoms with Gasteiger partial charge in [-0.1, -0.05) is 6.07 Å². The average Bonchev–Trinajstić information content (AvgIpc) is 2.67. The Bertz CT molecular complexity index is 395. The molecule has 0 fully saturated rings. The van der Waals surface area contributed by atoms with E-state index in [2.05, 4.69) is 20.5 Å². The average molecular weight is 189 g/mol. The molecule has 0 aromatic carbocycles. The summed E-state index contributed by atoms with van der Waals surface area (Å²) >= 11 is 0. The Kier molecular flexibility index (Phi) is 2.42. The number of hydrogen-bond donors (Lipinski definition) is 3. The van der Waals surface area contributed by atoms with Crippen LogP contribution in [0.5, 0.6) is 0 Å². The zero-order valence-corrected chi connectivity index (χ0v) is 7.57. The van der Waals surface area contributed by atoms with Crippen molar-refractivity contribution in [3.8, 4) is 0 Å². The quantitative estimate of drug-likeness (QED) is 0.673. The first-order chi connectivity index (χ1) is 6.90. The number of nitrogens with zero attached hydrogens (tertiary/aromatic N) is 2. The zero-order valence-electron chi connectivity index (χ0n) is 7.57. The van der Waals surface area contributed by atoms with E-state index < -0.39 is 0 Å². The van der Waals surface area contributed by atoms with Gasteiger partial charge in [-0.3, -0.25) is 5.10 Å². The minimum absolute atomic E-state index is 0.426. The second-order valence-corrected chi connectivity index (χ2v) is 2.81. The summed E-state index contributed by atoms with van der Waals surface area (Å²) in [6, 6.07) is 5.66. The molecule has 0 atom stereocenters. The first-order valence-corrected chi connectivity index (χ1v) is 4.30. The Morgan fingerprint density at radius 2 is 2.36 bits per heavy atom. The summed E-state index contributed by atoms with van der Waals surface area (Å²) in [5.74, 6) is 0.781. The van der Waals surface area contributed by atoms with Crippen molar-refractivity contribution in [2.24, 2.45) is 5.73 Å². The van der Waals surface area contributed by atoms with Gasteiger partial charge in [0.2, 0.25) is 0 Å². The molecule has 0 radical (unpaired) electrons. The SMILES string of the molecule is NCc1[nH]ncc1Nc1ccccn1. The van der Waals surface area contributed by atoms with Gasteiger partial charge in [0.1, 0.15) is 5.82 Å². The molecule has 0 spiro atoms. The summed E-state index contributed by atoms with van der Waals surface area (Å²) in [6.45, 7) is 0.426. The fraction of sp³-hybridized carbons (Fsp3) is 0.111. The second kappa shape index (κ2) is 3.89. The van der Waals surface area contributed by atoms with Crippen LogP contribution in [0.4, 0.5) is 11.5 Å². The number of aromatic amines is 1. The van der Waals surface area contributed by atoms with Crippen molar-refractivity contribution in [1.29, 1.82) is 0 Å². The van der Waals surface area contributed by atoms with Crippen molar-refractivity contribution >= 4 is 11.5 Å². The van der Waals surface area contributed by atoms with Gasteiger partial charge in [-0.05, 0) is 12.1 Å². The van der Waals surface area contributed by atoms with E-state index in [9.17, 15) is 0 Å². The largest absolute Gasteiger partial charge is 0.337 e. The van der Waals surface area contributed by atoms with Crippen LogP contribution in [0.1, 0.15) is 5.69 Å². The van der Waals surface area contributed by atoms with Crippen molar-refractivity contribution in [3.05, 3.63) is 36.3 Å². The second-order valence-electron chi connectivity index (χ2n) is 2.81. The molecular formula is C9H11N5. The minimum Gasteiger partial charge on any atom is -0.337 e. The van der Waals surface area contributed by atoms with E-state index in [0.29, 0.717) is 6.54 Å². The molecule has 0 saturated carbocycles. The number of aromatic nitrogens is 3. The standard InChI is InChI=1S/C9H11N5/c10-5-7-8(6-12-14-7)13-9-3-1-2-4-11-9/h1-4,6H,5,10H2,(H,11,13)(H,12,14). The number of nitrogens with two attached hydrogens (primary N) is 1. The van der Waals surface area contributed by atoms with Gasteiger partial charge in [0.25, 0.3) is 0 Å². The lowest BCUT2D eigenvalue weighted by molar-refractivity contribution is 0.948. The summed E-state index contributed by atoms with van der Waals surface area (Å²) in [5.41, 5.74) is 7.25. The molecule has 0 aliphatic heterocycles. The van der Waals surface area contributed by atoms with Crippen LogP contribution in [-0.4, -0.2) is 15.2 Å². The smallest absolute Gasteiger partial charge is 0.130 e. The maximum absolute atomic E-state index is 5.52. The molecule has 0 aliphatic carbocycles. The highest BCUT2D eigenvalue weighted by Crippen LogP contribution is 2.15. The molecule has 0 unspecified atom stereocenters. The van der Waals surface area contributed by atoms with E-state index in [4.69, 9.17) is 5.73 Å². The van der Waals surface area contributed by atoms with Crippen LogP contribution in [0.2, 0.25) is 0 Å². The molecule has 72 valence electrons. The van der Waals surface area contributed by atoms with Crippen molar-refractivity contribution in [2.45, 2.75) is 6.54 Å². The Morgan fingerprint density at radius 3 is 3.07 bits per heavy atom. The van der Waals surface area contributed by atoms with Crippen LogP contribution in [0.3, 0.4) is 0 Å². The van der Waals surface area contributed by atoms with Crippen molar-refractivity contribution in [2.75, 3.05) is 5.32 Å². The minimum atomic E-state index is 0.426. The predicted octanol–water partition coefficient (Wildman–Crippen LogP) is 1.01. The summed E-state index contributed by atoms with van der Waals surface area (Å²) in [6.07, 6.45) is 3.42. The van der Waals surface area contributed by atoms with Crippen molar-refractivity contribution in [1.82, 2.24) is 15.2 Å². The molecule has 0 bridgehead atoms. The van der Waals surface area contributed by atoms with Gasteiger partial charge in [0.05, 0.1) is 17.6 Å². The van der Waals surface area contributed by atoms with E-state index in [1.807, 2.05) is 18.2 Å². The summed E-state index contributed by atoms with van der Waals surface area (Å²) in [7, 11) is 0. The monoisotopic (exact) mass is 189 g/mol. The highest BCUT2D eigenvalue weighted by Gasteiger charge is 2.02. The van der Waals surface area contributed by atoms with E-state index in [0.717, 1.165) is 17.2 Å². The first-order valence-electron chi connectivity index (χ1n) is 4.30. The summed E-state index contributed by atoms with van der Waals surface area (Å²) in [4.78, 5) is 4.14. The topological polar surface area (TPSA) is 79.6 Å². The van der Waals surface area contributed by atoms with Crippen LogP contribution in [0, 0.1) is 0 Å². The lowest BCUT2D eigenvalue weighted by Gasteiger charge is -2.03. The fourth-order valence-electron chi connectivity index (χ4n) is 1.15. The van der Waals surface area contributed by atoms with E-state index in [1.54, 1.807) is 12.4 Å². The lowest BCUT2D eigenvalue weighted by Crippen LogP contribution is -2.01. The van der Waals surface area contributed by atoms with Crippen LogP contribution in [0.15, 0.2) is 30.6 Å². The van der Waals surface area contributed by atoms with Crippen LogP contribution >= 0.6 is 0 Å². The molecule has 2 aromatic heterocycles. The van der Waals surface area contributed by atoms with Crippen LogP contribution in [-0.2, 0) is 6.54 Å². The number of hydrogen-bond acceptors (Lipinski definition) is 4. The van der Waals surface area contributed by atoms with Gasteiger partial charge in [0.15, 0.2) is 0 Å². The Balaban J connectivity index is 2.19. The Hall–Kier alpha value is -1.88.